The maximum absolute atomic E-state index is 11.5. The second kappa shape index (κ2) is 5.48. The van der Waals surface area contributed by atoms with Crippen LogP contribution in [0, 0.1) is 12.3 Å². The molecule has 2 N–H and O–H groups in total. The van der Waals surface area contributed by atoms with Crippen LogP contribution in [0.4, 0.5) is 0 Å². The van der Waals surface area contributed by atoms with Gasteiger partial charge in [-0.05, 0) is 17.7 Å². The number of rotatable bonds is 5. The van der Waals surface area contributed by atoms with Gasteiger partial charge in [0.05, 0.1) is 17.9 Å². The van der Waals surface area contributed by atoms with Crippen LogP contribution in [0.2, 0.25) is 0 Å². The molecule has 0 atom stereocenters. The first-order chi connectivity index (χ1) is 7.94. The van der Waals surface area contributed by atoms with Crippen LogP contribution in [0.3, 0.4) is 0 Å². The molecule has 0 heterocycles. The number of benzene rings is 1. The number of aromatic carboxylic acids is 1. The quantitative estimate of drug-likeness (QED) is 0.746. The summed E-state index contributed by atoms with van der Waals surface area (Å²) in [5.41, 5.74) is 0.448. The Morgan fingerprint density at radius 2 is 2.18 bits per heavy atom. The van der Waals surface area contributed by atoms with Crippen LogP contribution in [-0.2, 0) is 15.8 Å². The third-order valence-electron chi connectivity index (χ3n) is 1.92. The molecule has 0 bridgehead atoms. The van der Waals surface area contributed by atoms with Gasteiger partial charge >= 0.3 is 5.97 Å². The second-order valence-corrected chi connectivity index (χ2v) is 5.10. The average Bonchev–Trinajstić information content (AvgIpc) is 2.26. The lowest BCUT2D eigenvalue weighted by Gasteiger charge is -2.04. The lowest BCUT2D eigenvalue weighted by molar-refractivity contribution is 0.0696. The molecule has 0 aliphatic carbocycles. The standard InChI is InChI=1S/C11H11NO4S/c1-2-6-12-17(15,16)8-9-4-3-5-10(7-9)11(13)14/h1,3-5,7,12H,6,8H2,(H,13,14). The molecule has 90 valence electrons. The van der Waals surface area contributed by atoms with Gasteiger partial charge in [0.2, 0.25) is 10.0 Å². The van der Waals surface area contributed by atoms with Crippen molar-refractivity contribution in [1.29, 1.82) is 0 Å². The minimum atomic E-state index is -3.52. The van der Waals surface area contributed by atoms with Crippen molar-refractivity contribution in [3.8, 4) is 12.3 Å². The molecule has 0 unspecified atom stereocenters. The van der Waals surface area contributed by atoms with Crippen molar-refractivity contribution in [1.82, 2.24) is 4.72 Å². The van der Waals surface area contributed by atoms with Gasteiger partial charge < -0.3 is 5.11 Å². The van der Waals surface area contributed by atoms with E-state index in [1.54, 1.807) is 6.07 Å². The van der Waals surface area contributed by atoms with Gasteiger partial charge in [0.25, 0.3) is 0 Å². The molecular formula is C11H11NO4S. The van der Waals surface area contributed by atoms with Crippen molar-refractivity contribution >= 4 is 16.0 Å². The van der Waals surface area contributed by atoms with E-state index >= 15 is 0 Å². The number of terminal acetylenes is 1. The predicted octanol–water partition coefficient (Wildman–Crippen LogP) is 0.437. The molecule has 17 heavy (non-hydrogen) atoms. The number of sulfonamides is 1. The number of carboxylic acid groups (broad SMARTS) is 1. The highest BCUT2D eigenvalue weighted by molar-refractivity contribution is 7.88. The number of nitrogens with one attached hydrogen (secondary N) is 1. The molecule has 6 heteroatoms. The highest BCUT2D eigenvalue weighted by Crippen LogP contribution is 2.08. The Morgan fingerprint density at radius 1 is 1.47 bits per heavy atom. The highest BCUT2D eigenvalue weighted by Gasteiger charge is 2.11. The average molecular weight is 253 g/mol. The summed E-state index contributed by atoms with van der Waals surface area (Å²) in [4.78, 5) is 10.7. The van der Waals surface area contributed by atoms with Crippen LogP contribution in [-0.4, -0.2) is 26.0 Å². The molecule has 0 aliphatic heterocycles. The van der Waals surface area contributed by atoms with Gasteiger partial charge in [0.1, 0.15) is 0 Å². The zero-order valence-corrected chi connectivity index (χ0v) is 9.70. The lowest BCUT2D eigenvalue weighted by Crippen LogP contribution is -2.25. The van der Waals surface area contributed by atoms with Gasteiger partial charge in [0.15, 0.2) is 0 Å². The van der Waals surface area contributed by atoms with Crippen molar-refractivity contribution in [2.24, 2.45) is 0 Å². The van der Waals surface area contributed by atoms with Crippen molar-refractivity contribution in [3.63, 3.8) is 0 Å². The smallest absolute Gasteiger partial charge is 0.335 e. The van der Waals surface area contributed by atoms with E-state index in [1.165, 1.54) is 18.2 Å². The Hall–Kier alpha value is -1.84. The Morgan fingerprint density at radius 3 is 2.76 bits per heavy atom. The molecule has 1 aromatic rings. The number of carbonyl (C=O) groups is 1. The molecule has 0 radical (unpaired) electrons. The minimum absolute atomic E-state index is 0.0506. The van der Waals surface area contributed by atoms with E-state index in [1.807, 2.05) is 0 Å². The van der Waals surface area contributed by atoms with E-state index in [4.69, 9.17) is 11.5 Å². The van der Waals surface area contributed by atoms with Gasteiger partial charge in [-0.1, -0.05) is 18.1 Å². The largest absolute Gasteiger partial charge is 0.478 e. The first kappa shape index (κ1) is 13.2. The maximum Gasteiger partial charge on any atom is 0.335 e. The summed E-state index contributed by atoms with van der Waals surface area (Å²) in [5.74, 6) is 0.763. The molecule has 5 nitrogen and oxygen atoms in total. The number of hydrogen-bond donors (Lipinski definition) is 2. The predicted molar refractivity (Wildman–Crippen MR) is 62.9 cm³/mol. The molecule has 1 aromatic carbocycles. The zero-order chi connectivity index (χ0) is 12.9. The first-order valence-electron chi connectivity index (χ1n) is 4.67. The normalized spacial score (nSPS) is 10.8. The van der Waals surface area contributed by atoms with Crippen LogP contribution in [0.15, 0.2) is 24.3 Å². The van der Waals surface area contributed by atoms with Crippen LogP contribution < -0.4 is 4.72 Å². The van der Waals surface area contributed by atoms with Crippen LogP contribution in [0.1, 0.15) is 15.9 Å². The molecule has 0 saturated carbocycles. The van der Waals surface area contributed by atoms with E-state index in [-0.39, 0.29) is 17.9 Å². The van der Waals surface area contributed by atoms with Crippen LogP contribution >= 0.6 is 0 Å². The molecule has 1 rings (SSSR count). The number of carboxylic acids is 1. The zero-order valence-electron chi connectivity index (χ0n) is 8.88. The van der Waals surface area contributed by atoms with Gasteiger partial charge in [-0.15, -0.1) is 6.42 Å². The van der Waals surface area contributed by atoms with Gasteiger partial charge in [-0.2, -0.15) is 0 Å². The van der Waals surface area contributed by atoms with Crippen molar-refractivity contribution in [2.45, 2.75) is 5.75 Å². The number of hydrogen-bond acceptors (Lipinski definition) is 3. The topological polar surface area (TPSA) is 83.5 Å². The SMILES string of the molecule is C#CCNS(=O)(=O)Cc1cccc(C(=O)O)c1. The Bertz CT molecular complexity index is 557. The first-order valence-corrected chi connectivity index (χ1v) is 6.33. The van der Waals surface area contributed by atoms with Crippen molar-refractivity contribution < 1.29 is 18.3 Å². The molecule has 0 fully saturated rings. The van der Waals surface area contributed by atoms with E-state index in [0.717, 1.165) is 0 Å². The molecule has 0 spiro atoms. The highest BCUT2D eigenvalue weighted by atomic mass is 32.2. The minimum Gasteiger partial charge on any atom is -0.478 e. The van der Waals surface area contributed by atoms with Crippen molar-refractivity contribution in [2.75, 3.05) is 6.54 Å². The van der Waals surface area contributed by atoms with Gasteiger partial charge in [-0.3, -0.25) is 0 Å². The fourth-order valence-corrected chi connectivity index (χ4v) is 2.24. The third-order valence-corrected chi connectivity index (χ3v) is 3.22. The summed E-state index contributed by atoms with van der Waals surface area (Å²) < 4.78 is 25.2. The fourth-order valence-electron chi connectivity index (χ4n) is 1.22. The maximum atomic E-state index is 11.5. The molecule has 0 aromatic heterocycles. The Balaban J connectivity index is 2.85. The van der Waals surface area contributed by atoms with Crippen LogP contribution in [0.5, 0.6) is 0 Å². The van der Waals surface area contributed by atoms with E-state index in [9.17, 15) is 13.2 Å². The van der Waals surface area contributed by atoms with Crippen molar-refractivity contribution in [3.05, 3.63) is 35.4 Å². The van der Waals surface area contributed by atoms with Crippen LogP contribution in [0.25, 0.3) is 0 Å². The Kier molecular flexibility index (Phi) is 4.26. The Labute approximate surface area is 99.5 Å². The summed E-state index contributed by atoms with van der Waals surface area (Å²) in [6.07, 6.45) is 4.94. The van der Waals surface area contributed by atoms with E-state index in [0.29, 0.717) is 5.56 Å². The van der Waals surface area contributed by atoms with E-state index in [2.05, 4.69) is 10.6 Å². The summed E-state index contributed by atoms with van der Waals surface area (Å²) in [6, 6.07) is 5.75. The summed E-state index contributed by atoms with van der Waals surface area (Å²) in [7, 11) is -3.52. The molecule has 0 aliphatic rings. The van der Waals surface area contributed by atoms with Gasteiger partial charge in [-0.25, -0.2) is 17.9 Å². The molecule has 0 amide bonds. The van der Waals surface area contributed by atoms with Gasteiger partial charge in [0, 0.05) is 0 Å². The molecular weight excluding hydrogens is 242 g/mol. The monoisotopic (exact) mass is 253 g/mol. The fraction of sp³-hybridized carbons (Fsp3) is 0.182. The second-order valence-electron chi connectivity index (χ2n) is 3.29. The van der Waals surface area contributed by atoms with E-state index < -0.39 is 16.0 Å². The lowest BCUT2D eigenvalue weighted by atomic mass is 10.1. The summed E-state index contributed by atoms with van der Waals surface area (Å²) >= 11 is 0. The summed E-state index contributed by atoms with van der Waals surface area (Å²) in [6.45, 7) is -0.0824. The summed E-state index contributed by atoms with van der Waals surface area (Å²) in [5, 5.41) is 8.76. The molecule has 0 saturated heterocycles. The third kappa shape index (κ3) is 4.26.